The Morgan fingerprint density at radius 1 is 1.40 bits per heavy atom. The second kappa shape index (κ2) is 3.53. The van der Waals surface area contributed by atoms with Crippen molar-refractivity contribution in [2.75, 3.05) is 11.6 Å². The minimum absolute atomic E-state index is 0.250. The summed E-state index contributed by atoms with van der Waals surface area (Å²) in [6.07, 6.45) is 1.78. The van der Waals surface area contributed by atoms with Crippen molar-refractivity contribution >= 4 is 32.6 Å². The van der Waals surface area contributed by atoms with Gasteiger partial charge < -0.3 is 5.32 Å². The Morgan fingerprint density at radius 2 is 2.13 bits per heavy atom. The molecule has 0 saturated heterocycles. The minimum Gasteiger partial charge on any atom is -0.333 e. The summed E-state index contributed by atoms with van der Waals surface area (Å²) in [6, 6.07) is 5.14. The molecule has 0 aromatic heterocycles. The third kappa shape index (κ3) is 1.74. The molecule has 0 radical (unpaired) electrons. The van der Waals surface area contributed by atoms with Crippen molar-refractivity contribution in [1.29, 1.82) is 0 Å². The van der Waals surface area contributed by atoms with Gasteiger partial charge in [0.2, 0.25) is 0 Å². The summed E-state index contributed by atoms with van der Waals surface area (Å²) in [7, 11) is -3.52. The van der Waals surface area contributed by atoms with Gasteiger partial charge in [0.15, 0.2) is 5.17 Å². The van der Waals surface area contributed by atoms with Gasteiger partial charge in [0.25, 0.3) is 10.0 Å². The van der Waals surface area contributed by atoms with E-state index in [-0.39, 0.29) is 4.90 Å². The quantitative estimate of drug-likeness (QED) is 0.754. The Hall–Kier alpha value is -1.01. The van der Waals surface area contributed by atoms with Gasteiger partial charge in [0.05, 0.1) is 5.69 Å². The van der Waals surface area contributed by atoms with Crippen molar-refractivity contribution in [2.24, 2.45) is 4.40 Å². The molecule has 1 N–H and O–H groups in total. The Balaban J connectivity index is 2.69. The first-order chi connectivity index (χ1) is 7.04. The lowest BCUT2D eigenvalue weighted by molar-refractivity contribution is 0.598. The summed E-state index contributed by atoms with van der Waals surface area (Å²) in [5.41, 5.74) is 1.54. The number of benzene rings is 1. The number of nitrogens with zero attached hydrogens (tertiary/aromatic N) is 1. The fourth-order valence-electron chi connectivity index (χ4n) is 1.39. The smallest absolute Gasteiger partial charge is 0.286 e. The third-order valence-corrected chi connectivity index (χ3v) is 4.16. The average Bonchev–Trinajstić information content (AvgIpc) is 2.18. The van der Waals surface area contributed by atoms with E-state index in [2.05, 4.69) is 9.71 Å². The summed E-state index contributed by atoms with van der Waals surface area (Å²) >= 11 is 1.28. The van der Waals surface area contributed by atoms with Crippen LogP contribution in [-0.2, 0) is 10.0 Å². The number of fused-ring (bicyclic) bond motifs is 1. The van der Waals surface area contributed by atoms with Crippen molar-refractivity contribution in [3.63, 3.8) is 0 Å². The van der Waals surface area contributed by atoms with E-state index in [1.54, 1.807) is 18.4 Å². The van der Waals surface area contributed by atoms with Crippen LogP contribution in [0.2, 0.25) is 0 Å². The normalized spacial score (nSPS) is 17.6. The van der Waals surface area contributed by atoms with E-state index >= 15 is 0 Å². The molecule has 0 atom stereocenters. The molecule has 1 aliphatic rings. The van der Waals surface area contributed by atoms with Crippen LogP contribution in [0.4, 0.5) is 5.69 Å². The number of hydrogen-bond donors (Lipinski definition) is 1. The average molecular weight is 242 g/mol. The van der Waals surface area contributed by atoms with Gasteiger partial charge in [-0.15, -0.1) is 4.40 Å². The van der Waals surface area contributed by atoms with Crippen LogP contribution in [0.5, 0.6) is 0 Å². The number of thioether (sulfide) groups is 1. The van der Waals surface area contributed by atoms with Crippen molar-refractivity contribution in [3.05, 3.63) is 23.8 Å². The van der Waals surface area contributed by atoms with Crippen LogP contribution in [-0.4, -0.2) is 19.8 Å². The molecule has 1 aromatic rings. The second-order valence-corrected chi connectivity index (χ2v) is 5.52. The number of hydrogen-bond acceptors (Lipinski definition) is 4. The van der Waals surface area contributed by atoms with E-state index < -0.39 is 10.0 Å². The largest absolute Gasteiger partial charge is 0.333 e. The van der Waals surface area contributed by atoms with Gasteiger partial charge in [-0.05, 0) is 24.8 Å². The van der Waals surface area contributed by atoms with E-state index in [0.29, 0.717) is 10.9 Å². The second-order valence-electron chi connectivity index (χ2n) is 3.15. The minimum atomic E-state index is -3.52. The van der Waals surface area contributed by atoms with Crippen LogP contribution in [0.3, 0.4) is 0 Å². The highest BCUT2D eigenvalue weighted by atomic mass is 32.2. The van der Waals surface area contributed by atoms with Gasteiger partial charge in [-0.3, -0.25) is 0 Å². The molecule has 1 aromatic carbocycles. The first kappa shape index (κ1) is 10.5. The highest BCUT2D eigenvalue weighted by Gasteiger charge is 2.25. The zero-order valence-corrected chi connectivity index (χ0v) is 9.95. The van der Waals surface area contributed by atoms with Gasteiger partial charge in [0.1, 0.15) is 4.90 Å². The maximum absolute atomic E-state index is 11.8. The molecule has 0 spiro atoms. The Morgan fingerprint density at radius 3 is 2.80 bits per heavy atom. The number of sulfonamides is 1. The van der Waals surface area contributed by atoms with Crippen molar-refractivity contribution < 1.29 is 8.42 Å². The van der Waals surface area contributed by atoms with Crippen LogP contribution in [0.1, 0.15) is 5.56 Å². The Bertz CT molecular complexity index is 535. The van der Waals surface area contributed by atoms with Crippen LogP contribution in [0, 0.1) is 6.92 Å². The van der Waals surface area contributed by atoms with E-state index in [1.807, 2.05) is 13.0 Å². The summed E-state index contributed by atoms with van der Waals surface area (Å²) < 4.78 is 27.2. The predicted molar refractivity (Wildman–Crippen MR) is 62.9 cm³/mol. The van der Waals surface area contributed by atoms with Gasteiger partial charge >= 0.3 is 0 Å². The molecule has 6 heteroatoms. The van der Waals surface area contributed by atoms with Crippen LogP contribution in [0.25, 0.3) is 0 Å². The number of nitrogens with one attached hydrogen (secondary N) is 1. The summed E-state index contributed by atoms with van der Waals surface area (Å²) in [4.78, 5) is 0.250. The molecule has 0 amide bonds. The van der Waals surface area contributed by atoms with Crippen molar-refractivity contribution in [2.45, 2.75) is 11.8 Å². The van der Waals surface area contributed by atoms with Crippen LogP contribution >= 0.6 is 11.8 Å². The molecule has 2 rings (SSSR count). The molecule has 0 fully saturated rings. The molecule has 4 nitrogen and oxygen atoms in total. The SMILES string of the molecule is CSC1=NS(=O)(=O)c2cccc(C)c2N1. The van der Waals surface area contributed by atoms with Crippen molar-refractivity contribution in [3.8, 4) is 0 Å². The monoisotopic (exact) mass is 242 g/mol. The fourth-order valence-corrected chi connectivity index (χ4v) is 3.27. The van der Waals surface area contributed by atoms with Crippen molar-refractivity contribution in [1.82, 2.24) is 0 Å². The summed E-state index contributed by atoms with van der Waals surface area (Å²) in [5.74, 6) is 0. The molecule has 0 aliphatic carbocycles. The molecule has 0 unspecified atom stereocenters. The molecule has 15 heavy (non-hydrogen) atoms. The van der Waals surface area contributed by atoms with Gasteiger partial charge in [-0.25, -0.2) is 0 Å². The summed E-state index contributed by atoms with van der Waals surface area (Å²) in [6.45, 7) is 1.87. The number of rotatable bonds is 0. The van der Waals surface area contributed by atoms with Gasteiger partial charge in [-0.1, -0.05) is 23.9 Å². The number of anilines is 1. The Labute approximate surface area is 92.8 Å². The lowest BCUT2D eigenvalue weighted by Gasteiger charge is -2.18. The lowest BCUT2D eigenvalue weighted by atomic mass is 10.2. The topological polar surface area (TPSA) is 58.5 Å². The predicted octanol–water partition coefficient (Wildman–Crippen LogP) is 1.83. The molecule has 1 heterocycles. The number of amidine groups is 1. The first-order valence-corrected chi connectivity index (χ1v) is 6.96. The molecule has 0 bridgehead atoms. The molecular formula is C9H10N2O2S2. The third-order valence-electron chi connectivity index (χ3n) is 2.14. The number of aryl methyl sites for hydroxylation is 1. The van der Waals surface area contributed by atoms with Crippen LogP contribution in [0.15, 0.2) is 27.5 Å². The maximum Gasteiger partial charge on any atom is 0.286 e. The molecule has 1 aliphatic heterocycles. The standard InChI is InChI=1S/C9H10N2O2S2/c1-6-4-3-5-7-8(6)10-9(14-2)11-15(7,12)13/h3-5H,1-2H3,(H,10,11). The van der Waals surface area contributed by atoms with E-state index in [9.17, 15) is 8.42 Å². The van der Waals surface area contributed by atoms with E-state index in [1.165, 1.54) is 11.8 Å². The zero-order chi connectivity index (χ0) is 11.1. The maximum atomic E-state index is 11.8. The Kier molecular flexibility index (Phi) is 2.47. The number of para-hydroxylation sites is 1. The van der Waals surface area contributed by atoms with Gasteiger partial charge in [-0.2, -0.15) is 8.42 Å². The van der Waals surface area contributed by atoms with E-state index in [0.717, 1.165) is 5.56 Å². The summed E-state index contributed by atoms with van der Waals surface area (Å²) in [5, 5.41) is 3.42. The van der Waals surface area contributed by atoms with E-state index in [4.69, 9.17) is 0 Å². The first-order valence-electron chi connectivity index (χ1n) is 4.30. The highest BCUT2D eigenvalue weighted by molar-refractivity contribution is 8.14. The lowest BCUT2D eigenvalue weighted by Crippen LogP contribution is -2.19. The molecular weight excluding hydrogens is 232 g/mol. The van der Waals surface area contributed by atoms with Gasteiger partial charge in [0, 0.05) is 0 Å². The highest BCUT2D eigenvalue weighted by Crippen LogP contribution is 2.31. The zero-order valence-electron chi connectivity index (χ0n) is 8.31. The van der Waals surface area contributed by atoms with Crippen LogP contribution < -0.4 is 5.32 Å². The fraction of sp³-hybridized carbons (Fsp3) is 0.222. The molecule has 0 saturated carbocycles. The molecule has 80 valence electrons.